The molecular formula is C21H16F5N3O2. The van der Waals surface area contributed by atoms with Crippen LogP contribution in [-0.4, -0.2) is 29.3 Å². The zero-order chi connectivity index (χ0) is 22.3. The van der Waals surface area contributed by atoms with Crippen LogP contribution in [0.2, 0.25) is 0 Å². The first-order chi connectivity index (χ1) is 14.7. The second-order valence-corrected chi connectivity index (χ2v) is 6.98. The smallest absolute Gasteiger partial charge is 0.416 e. The molecule has 1 amide bonds. The number of methoxy groups -OCH3 is 1. The van der Waals surface area contributed by atoms with Gasteiger partial charge in [-0.1, -0.05) is 6.07 Å². The summed E-state index contributed by atoms with van der Waals surface area (Å²) in [4.78, 5) is 14.4. The van der Waals surface area contributed by atoms with E-state index in [1.165, 1.54) is 30.3 Å². The number of carbonyl (C=O) groups excluding carboxylic acids is 1. The molecule has 0 atom stereocenters. The Morgan fingerprint density at radius 2 is 1.94 bits per heavy atom. The zero-order valence-corrected chi connectivity index (χ0v) is 16.2. The van der Waals surface area contributed by atoms with E-state index < -0.39 is 29.3 Å². The largest absolute Gasteiger partial charge is 0.493 e. The minimum absolute atomic E-state index is 0.0198. The molecule has 31 heavy (non-hydrogen) atoms. The van der Waals surface area contributed by atoms with Gasteiger partial charge < -0.3 is 9.64 Å². The number of benzene rings is 2. The van der Waals surface area contributed by atoms with Crippen molar-refractivity contribution in [3.05, 3.63) is 71.1 Å². The molecule has 2 aromatic carbocycles. The SMILES string of the molecule is COc1cn(-c2cccc(C(F)(F)F)c2)nc1C(=O)N1CCCc2c(F)cc(F)cc21. The highest BCUT2D eigenvalue weighted by Gasteiger charge is 2.32. The predicted molar refractivity (Wildman–Crippen MR) is 101 cm³/mol. The number of fused-ring (bicyclic) bond motifs is 1. The van der Waals surface area contributed by atoms with Crippen molar-refractivity contribution < 1.29 is 31.5 Å². The molecule has 4 rings (SSSR count). The molecule has 162 valence electrons. The van der Waals surface area contributed by atoms with Crippen LogP contribution in [0.4, 0.5) is 27.6 Å². The average molecular weight is 437 g/mol. The van der Waals surface area contributed by atoms with Crippen LogP contribution in [0.1, 0.15) is 28.0 Å². The van der Waals surface area contributed by atoms with Crippen LogP contribution in [0.5, 0.6) is 5.75 Å². The van der Waals surface area contributed by atoms with Gasteiger partial charge in [-0.15, -0.1) is 0 Å². The highest BCUT2D eigenvalue weighted by molar-refractivity contribution is 6.07. The Bertz CT molecular complexity index is 1160. The Labute approximate surface area is 173 Å². The third-order valence-corrected chi connectivity index (χ3v) is 5.02. The number of amides is 1. The number of anilines is 1. The van der Waals surface area contributed by atoms with Gasteiger partial charge in [0.15, 0.2) is 11.4 Å². The van der Waals surface area contributed by atoms with E-state index in [1.54, 1.807) is 0 Å². The number of halogens is 5. The first kappa shape index (κ1) is 20.8. The lowest BCUT2D eigenvalue weighted by atomic mass is 10.0. The van der Waals surface area contributed by atoms with Crippen LogP contribution >= 0.6 is 0 Å². The second-order valence-electron chi connectivity index (χ2n) is 6.98. The molecule has 0 fully saturated rings. The molecule has 0 N–H and O–H groups in total. The Morgan fingerprint density at radius 1 is 1.16 bits per heavy atom. The number of rotatable bonds is 3. The lowest BCUT2D eigenvalue weighted by Gasteiger charge is -2.29. The third-order valence-electron chi connectivity index (χ3n) is 5.02. The fourth-order valence-corrected chi connectivity index (χ4v) is 3.56. The zero-order valence-electron chi connectivity index (χ0n) is 16.2. The molecular weight excluding hydrogens is 421 g/mol. The van der Waals surface area contributed by atoms with E-state index in [-0.39, 0.29) is 34.9 Å². The molecule has 1 aliphatic heterocycles. The number of nitrogens with zero attached hydrogens (tertiary/aromatic N) is 3. The molecule has 0 saturated heterocycles. The first-order valence-electron chi connectivity index (χ1n) is 9.30. The highest BCUT2D eigenvalue weighted by atomic mass is 19.4. The van der Waals surface area contributed by atoms with Crippen molar-refractivity contribution in [1.82, 2.24) is 9.78 Å². The maximum absolute atomic E-state index is 14.2. The van der Waals surface area contributed by atoms with Crippen LogP contribution in [0.15, 0.2) is 42.6 Å². The lowest BCUT2D eigenvalue weighted by Crippen LogP contribution is -2.36. The molecule has 3 aromatic rings. The fourth-order valence-electron chi connectivity index (χ4n) is 3.56. The number of carbonyl (C=O) groups is 1. The minimum atomic E-state index is -4.54. The third kappa shape index (κ3) is 3.85. The van der Waals surface area contributed by atoms with Crippen LogP contribution in [0.3, 0.4) is 0 Å². The Balaban J connectivity index is 1.74. The summed E-state index contributed by atoms with van der Waals surface area (Å²) in [6, 6.07) is 6.27. The molecule has 10 heteroatoms. The maximum Gasteiger partial charge on any atom is 0.416 e. The van der Waals surface area contributed by atoms with Gasteiger partial charge in [0.05, 0.1) is 30.2 Å². The first-order valence-corrected chi connectivity index (χ1v) is 9.30. The van der Waals surface area contributed by atoms with Crippen molar-refractivity contribution in [1.29, 1.82) is 0 Å². The van der Waals surface area contributed by atoms with Crippen molar-refractivity contribution in [3.8, 4) is 11.4 Å². The van der Waals surface area contributed by atoms with Gasteiger partial charge in [-0.25, -0.2) is 13.5 Å². The van der Waals surface area contributed by atoms with Gasteiger partial charge in [0.2, 0.25) is 0 Å². The average Bonchev–Trinajstić information content (AvgIpc) is 3.17. The molecule has 0 radical (unpaired) electrons. The standard InChI is InChI=1S/C21H16F5N3O2/c1-31-18-11-29(14-5-2-4-12(8-14)21(24,25)26)27-19(18)20(30)28-7-3-6-15-16(23)9-13(22)10-17(15)28/h2,4-5,8-11H,3,6-7H2,1H3. The van der Waals surface area contributed by atoms with Crippen LogP contribution in [-0.2, 0) is 12.6 Å². The number of hydrogen-bond acceptors (Lipinski definition) is 3. The van der Waals surface area contributed by atoms with Crippen LogP contribution < -0.4 is 9.64 Å². The van der Waals surface area contributed by atoms with E-state index in [4.69, 9.17) is 4.74 Å². The Kier molecular flexibility index (Phi) is 5.16. The molecule has 1 aliphatic rings. The van der Waals surface area contributed by atoms with E-state index in [2.05, 4.69) is 5.10 Å². The number of alkyl halides is 3. The van der Waals surface area contributed by atoms with Crippen molar-refractivity contribution in [2.45, 2.75) is 19.0 Å². The van der Waals surface area contributed by atoms with Crippen LogP contribution in [0, 0.1) is 11.6 Å². The van der Waals surface area contributed by atoms with Gasteiger partial charge >= 0.3 is 6.18 Å². The van der Waals surface area contributed by atoms with Crippen molar-refractivity contribution in [3.63, 3.8) is 0 Å². The van der Waals surface area contributed by atoms with E-state index in [1.807, 2.05) is 0 Å². The van der Waals surface area contributed by atoms with Gasteiger partial charge in [0.25, 0.3) is 5.91 Å². The quantitative estimate of drug-likeness (QED) is 0.555. The maximum atomic E-state index is 14.2. The molecule has 0 unspecified atom stereocenters. The minimum Gasteiger partial charge on any atom is -0.493 e. The predicted octanol–water partition coefficient (Wildman–Crippen LogP) is 4.77. The Hall–Kier alpha value is -3.43. The van der Waals surface area contributed by atoms with Crippen molar-refractivity contribution >= 4 is 11.6 Å². The van der Waals surface area contributed by atoms with E-state index >= 15 is 0 Å². The second kappa shape index (κ2) is 7.68. The van der Waals surface area contributed by atoms with E-state index in [9.17, 15) is 26.7 Å². The molecule has 0 aliphatic carbocycles. The van der Waals surface area contributed by atoms with E-state index in [0.29, 0.717) is 12.8 Å². The van der Waals surface area contributed by atoms with Gasteiger partial charge in [-0.05, 0) is 37.1 Å². The summed E-state index contributed by atoms with van der Waals surface area (Å²) in [6.45, 7) is 0.203. The lowest BCUT2D eigenvalue weighted by molar-refractivity contribution is -0.137. The summed E-state index contributed by atoms with van der Waals surface area (Å²) in [7, 11) is 1.29. The fraction of sp³-hybridized carbons (Fsp3) is 0.238. The van der Waals surface area contributed by atoms with Crippen molar-refractivity contribution in [2.75, 3.05) is 18.6 Å². The van der Waals surface area contributed by atoms with E-state index in [0.717, 1.165) is 28.9 Å². The molecule has 0 saturated carbocycles. The van der Waals surface area contributed by atoms with Gasteiger partial charge in [-0.2, -0.15) is 18.3 Å². The normalized spacial score (nSPS) is 13.8. The van der Waals surface area contributed by atoms with Crippen molar-refractivity contribution in [2.24, 2.45) is 0 Å². The highest BCUT2D eigenvalue weighted by Crippen LogP contribution is 2.34. The number of hydrogen-bond donors (Lipinski definition) is 0. The topological polar surface area (TPSA) is 47.4 Å². The van der Waals surface area contributed by atoms with Gasteiger partial charge in [0.1, 0.15) is 11.6 Å². The monoisotopic (exact) mass is 437 g/mol. The molecule has 0 bridgehead atoms. The summed E-state index contributed by atoms with van der Waals surface area (Å²) in [5.74, 6) is -2.22. The molecule has 2 heterocycles. The molecule has 1 aromatic heterocycles. The Morgan fingerprint density at radius 3 is 2.65 bits per heavy atom. The summed E-state index contributed by atoms with van der Waals surface area (Å²) in [6.07, 6.45) is -2.46. The summed E-state index contributed by atoms with van der Waals surface area (Å²) in [5.41, 5.74) is -0.661. The molecule has 0 spiro atoms. The summed E-state index contributed by atoms with van der Waals surface area (Å²) >= 11 is 0. The molecule has 5 nitrogen and oxygen atoms in total. The number of ether oxygens (including phenoxy) is 1. The number of aromatic nitrogens is 2. The van der Waals surface area contributed by atoms with Crippen LogP contribution in [0.25, 0.3) is 5.69 Å². The summed E-state index contributed by atoms with van der Waals surface area (Å²) in [5, 5.41) is 4.11. The summed E-state index contributed by atoms with van der Waals surface area (Å²) < 4.78 is 73.3. The van der Waals surface area contributed by atoms with Gasteiger partial charge in [-0.3, -0.25) is 4.79 Å². The van der Waals surface area contributed by atoms with Gasteiger partial charge in [0, 0.05) is 18.2 Å².